The molecule has 0 spiro atoms. The third-order valence-corrected chi connectivity index (χ3v) is 4.08. The van der Waals surface area contributed by atoms with Gasteiger partial charge in [0.15, 0.2) is 0 Å². The van der Waals surface area contributed by atoms with Crippen LogP contribution in [0.25, 0.3) is 0 Å². The van der Waals surface area contributed by atoms with E-state index in [0.717, 1.165) is 11.3 Å². The number of para-hydroxylation sites is 1. The van der Waals surface area contributed by atoms with Crippen molar-refractivity contribution < 1.29 is 9.90 Å². The van der Waals surface area contributed by atoms with Crippen LogP contribution in [-0.2, 0) is 0 Å². The average Bonchev–Trinajstić information content (AvgIpc) is 2.46. The van der Waals surface area contributed by atoms with Gasteiger partial charge < -0.3 is 15.3 Å². The number of phenolic OH excluding ortho intramolecular Hbond substituents is 1. The maximum atomic E-state index is 12.4. The first kappa shape index (κ1) is 13.0. The Bertz CT molecular complexity index is 687. The fourth-order valence-corrected chi connectivity index (χ4v) is 2.74. The van der Waals surface area contributed by atoms with Crippen molar-refractivity contribution in [2.75, 3.05) is 12.4 Å². The molecule has 3 rings (SSSR count). The highest BCUT2D eigenvalue weighted by Gasteiger charge is 2.30. The molecule has 2 aromatic carbocycles. The van der Waals surface area contributed by atoms with Gasteiger partial charge in [-0.05, 0) is 45.8 Å². The van der Waals surface area contributed by atoms with E-state index in [0.29, 0.717) is 10.0 Å². The molecule has 1 aliphatic heterocycles. The summed E-state index contributed by atoms with van der Waals surface area (Å²) >= 11 is 3.30. The Morgan fingerprint density at radius 2 is 2.00 bits per heavy atom. The van der Waals surface area contributed by atoms with Crippen molar-refractivity contribution in [3.05, 3.63) is 58.1 Å². The van der Waals surface area contributed by atoms with Crippen LogP contribution in [0.3, 0.4) is 0 Å². The van der Waals surface area contributed by atoms with Crippen molar-refractivity contribution in [3.63, 3.8) is 0 Å². The minimum atomic E-state index is -0.255. The van der Waals surface area contributed by atoms with Crippen molar-refractivity contribution in [3.8, 4) is 5.75 Å². The number of fused-ring (bicyclic) bond motifs is 1. The van der Waals surface area contributed by atoms with Crippen molar-refractivity contribution in [2.24, 2.45) is 0 Å². The Balaban J connectivity index is 2.03. The number of nitrogens with zero attached hydrogens (tertiary/aromatic N) is 1. The van der Waals surface area contributed by atoms with Crippen LogP contribution in [0.15, 0.2) is 46.9 Å². The number of hydrogen-bond donors (Lipinski definition) is 2. The van der Waals surface area contributed by atoms with E-state index in [1.165, 1.54) is 0 Å². The maximum Gasteiger partial charge on any atom is 0.257 e. The number of rotatable bonds is 1. The molecular weight excluding hydrogens is 320 g/mol. The van der Waals surface area contributed by atoms with Crippen LogP contribution in [0.2, 0.25) is 0 Å². The van der Waals surface area contributed by atoms with E-state index >= 15 is 0 Å². The summed E-state index contributed by atoms with van der Waals surface area (Å²) in [5.74, 6) is 0.160. The third kappa shape index (κ3) is 2.04. The zero-order valence-corrected chi connectivity index (χ0v) is 12.4. The van der Waals surface area contributed by atoms with Gasteiger partial charge >= 0.3 is 0 Å². The largest absolute Gasteiger partial charge is 0.507 e. The number of phenols is 1. The van der Waals surface area contributed by atoms with Crippen molar-refractivity contribution in [2.45, 2.75) is 6.17 Å². The van der Waals surface area contributed by atoms with Gasteiger partial charge in [-0.25, -0.2) is 0 Å². The van der Waals surface area contributed by atoms with E-state index in [2.05, 4.69) is 21.2 Å². The summed E-state index contributed by atoms with van der Waals surface area (Å²) in [6, 6.07) is 12.7. The molecule has 4 nitrogen and oxygen atoms in total. The number of benzene rings is 2. The molecule has 0 aromatic heterocycles. The second kappa shape index (κ2) is 4.83. The van der Waals surface area contributed by atoms with Crippen molar-refractivity contribution in [1.82, 2.24) is 4.90 Å². The lowest BCUT2D eigenvalue weighted by Gasteiger charge is -2.35. The highest BCUT2D eigenvalue weighted by molar-refractivity contribution is 9.10. The van der Waals surface area contributed by atoms with Crippen LogP contribution in [0.5, 0.6) is 5.75 Å². The first-order chi connectivity index (χ1) is 9.58. The fourth-order valence-electron chi connectivity index (χ4n) is 2.35. The van der Waals surface area contributed by atoms with Gasteiger partial charge in [-0.1, -0.05) is 18.2 Å². The molecule has 0 unspecified atom stereocenters. The molecule has 2 N–H and O–H groups in total. The summed E-state index contributed by atoms with van der Waals surface area (Å²) in [5, 5.41) is 12.9. The van der Waals surface area contributed by atoms with Crippen LogP contribution < -0.4 is 5.32 Å². The number of aromatic hydroxyl groups is 1. The fraction of sp³-hybridized carbons (Fsp3) is 0.133. The molecule has 1 aliphatic rings. The molecule has 2 aromatic rings. The van der Waals surface area contributed by atoms with E-state index in [9.17, 15) is 9.90 Å². The summed E-state index contributed by atoms with van der Waals surface area (Å²) in [5.41, 5.74) is 2.40. The van der Waals surface area contributed by atoms with E-state index in [1.807, 2.05) is 30.3 Å². The second-order valence-electron chi connectivity index (χ2n) is 4.72. The molecule has 1 atom stereocenters. The molecule has 0 saturated carbocycles. The van der Waals surface area contributed by atoms with Gasteiger partial charge in [0.2, 0.25) is 0 Å². The van der Waals surface area contributed by atoms with Crippen molar-refractivity contribution >= 4 is 27.5 Å². The Morgan fingerprint density at radius 1 is 1.25 bits per heavy atom. The zero-order valence-electron chi connectivity index (χ0n) is 10.8. The predicted molar refractivity (Wildman–Crippen MR) is 80.7 cm³/mol. The molecule has 1 heterocycles. The van der Waals surface area contributed by atoms with Gasteiger partial charge in [0, 0.05) is 12.7 Å². The molecule has 1 amide bonds. The Kier molecular flexibility index (Phi) is 3.14. The Labute approximate surface area is 125 Å². The Morgan fingerprint density at radius 3 is 2.75 bits per heavy atom. The van der Waals surface area contributed by atoms with E-state index in [4.69, 9.17) is 0 Å². The number of carbonyl (C=O) groups is 1. The summed E-state index contributed by atoms with van der Waals surface area (Å²) in [4.78, 5) is 14.0. The third-order valence-electron chi connectivity index (χ3n) is 3.44. The number of nitrogens with one attached hydrogen (secondary N) is 1. The van der Waals surface area contributed by atoms with Gasteiger partial charge in [-0.15, -0.1) is 0 Å². The minimum absolute atomic E-state index is 0.0199. The number of anilines is 1. The lowest BCUT2D eigenvalue weighted by molar-refractivity contribution is 0.0735. The molecule has 0 radical (unpaired) electrons. The molecule has 102 valence electrons. The van der Waals surface area contributed by atoms with Crippen LogP contribution in [0, 0.1) is 0 Å². The maximum absolute atomic E-state index is 12.4. The van der Waals surface area contributed by atoms with Crippen LogP contribution in [-0.4, -0.2) is 23.0 Å². The normalized spacial score (nSPS) is 17.6. The van der Waals surface area contributed by atoms with Gasteiger partial charge in [0.1, 0.15) is 11.9 Å². The lowest BCUT2D eigenvalue weighted by atomic mass is 10.0. The molecule has 0 fully saturated rings. The molecule has 20 heavy (non-hydrogen) atoms. The highest BCUT2D eigenvalue weighted by Crippen LogP contribution is 2.34. The monoisotopic (exact) mass is 332 g/mol. The quantitative estimate of drug-likeness (QED) is 0.841. The molecule has 0 bridgehead atoms. The summed E-state index contributed by atoms with van der Waals surface area (Å²) in [6.45, 7) is 0. The summed E-state index contributed by atoms with van der Waals surface area (Å²) < 4.78 is 0.608. The van der Waals surface area contributed by atoms with Gasteiger partial charge in [-0.3, -0.25) is 4.79 Å². The molecule has 0 saturated heterocycles. The zero-order chi connectivity index (χ0) is 14.3. The minimum Gasteiger partial charge on any atom is -0.507 e. The average molecular weight is 333 g/mol. The molecule has 0 aliphatic carbocycles. The first-order valence-corrected chi connectivity index (χ1v) is 6.98. The van der Waals surface area contributed by atoms with E-state index in [-0.39, 0.29) is 17.8 Å². The van der Waals surface area contributed by atoms with Gasteiger partial charge in [0.05, 0.1) is 10.0 Å². The van der Waals surface area contributed by atoms with Gasteiger partial charge in [-0.2, -0.15) is 0 Å². The van der Waals surface area contributed by atoms with Crippen molar-refractivity contribution in [1.29, 1.82) is 0 Å². The number of hydrogen-bond acceptors (Lipinski definition) is 3. The number of amides is 1. The number of halogens is 1. The Hall–Kier alpha value is -2.01. The second-order valence-corrected chi connectivity index (χ2v) is 5.57. The topological polar surface area (TPSA) is 52.6 Å². The standard InChI is InChI=1S/C15H13BrN2O2/c1-18-14(9-6-7-13(19)11(16)8-9)17-12-5-3-2-4-10(12)15(18)20/h2-8,14,17,19H,1H3/t14-/m1/s1. The first-order valence-electron chi connectivity index (χ1n) is 6.19. The van der Waals surface area contributed by atoms with Crippen LogP contribution in [0.1, 0.15) is 22.1 Å². The lowest BCUT2D eigenvalue weighted by Crippen LogP contribution is -2.40. The molecule has 5 heteroatoms. The highest BCUT2D eigenvalue weighted by atomic mass is 79.9. The molecular formula is C15H13BrN2O2. The SMILES string of the molecule is CN1C(=O)c2ccccc2N[C@H]1c1ccc(O)c(Br)c1. The van der Waals surface area contributed by atoms with Crippen LogP contribution >= 0.6 is 15.9 Å². The van der Waals surface area contributed by atoms with E-state index in [1.54, 1.807) is 24.1 Å². The smallest absolute Gasteiger partial charge is 0.257 e. The summed E-state index contributed by atoms with van der Waals surface area (Å²) in [6.07, 6.45) is -0.255. The van der Waals surface area contributed by atoms with Gasteiger partial charge in [0.25, 0.3) is 5.91 Å². The van der Waals surface area contributed by atoms with Crippen LogP contribution in [0.4, 0.5) is 5.69 Å². The van der Waals surface area contributed by atoms with E-state index < -0.39 is 0 Å². The number of carbonyl (C=O) groups excluding carboxylic acids is 1. The summed E-state index contributed by atoms with van der Waals surface area (Å²) in [7, 11) is 1.76. The predicted octanol–water partition coefficient (Wildman–Crippen LogP) is 3.35.